The molecule has 0 spiro atoms. The van der Waals surface area contributed by atoms with Gasteiger partial charge < -0.3 is 5.32 Å². The van der Waals surface area contributed by atoms with E-state index < -0.39 is 0 Å². The Bertz CT molecular complexity index is 580. The predicted molar refractivity (Wildman–Crippen MR) is 80.7 cm³/mol. The fraction of sp³-hybridized carbons (Fsp3) is 0.333. The molecule has 0 aliphatic heterocycles. The van der Waals surface area contributed by atoms with E-state index in [-0.39, 0.29) is 11.9 Å². The molecule has 1 aromatic heterocycles. The van der Waals surface area contributed by atoms with Crippen LogP contribution in [0.25, 0.3) is 0 Å². The van der Waals surface area contributed by atoms with E-state index in [0.29, 0.717) is 0 Å². The first kappa shape index (κ1) is 14.5. The van der Waals surface area contributed by atoms with Gasteiger partial charge in [-0.1, -0.05) is 24.6 Å². The first-order valence-corrected chi connectivity index (χ1v) is 7.53. The average Bonchev–Trinajstić information content (AvgIpc) is 2.71. The Morgan fingerprint density at radius 2 is 2.05 bits per heavy atom. The summed E-state index contributed by atoms with van der Waals surface area (Å²) in [4.78, 5) is 1.05. The largest absolute Gasteiger partial charge is 0.306 e. The van der Waals surface area contributed by atoms with Crippen molar-refractivity contribution in [2.24, 2.45) is 0 Å². The summed E-state index contributed by atoms with van der Waals surface area (Å²) < 4.78 is 13.5. The second-order valence-corrected chi connectivity index (χ2v) is 5.88. The lowest BCUT2D eigenvalue weighted by Crippen LogP contribution is -2.22. The first-order valence-electron chi connectivity index (χ1n) is 6.27. The average molecular weight is 298 g/mol. The molecule has 1 N–H and O–H groups in total. The molecule has 2 rings (SSSR count). The van der Waals surface area contributed by atoms with Gasteiger partial charge in [0.1, 0.15) is 5.82 Å². The van der Waals surface area contributed by atoms with Crippen molar-refractivity contribution in [1.82, 2.24) is 5.32 Å². The Hall–Kier alpha value is -0.900. The molecule has 0 aliphatic carbocycles. The van der Waals surface area contributed by atoms with Crippen molar-refractivity contribution in [3.63, 3.8) is 0 Å². The minimum Gasteiger partial charge on any atom is -0.306 e. The third-order valence-electron chi connectivity index (χ3n) is 3.15. The number of thiophene rings is 1. The van der Waals surface area contributed by atoms with Gasteiger partial charge >= 0.3 is 0 Å². The van der Waals surface area contributed by atoms with Gasteiger partial charge in [0, 0.05) is 4.88 Å². The van der Waals surface area contributed by atoms with Crippen molar-refractivity contribution in [2.45, 2.75) is 26.8 Å². The third kappa shape index (κ3) is 2.99. The van der Waals surface area contributed by atoms with Gasteiger partial charge in [-0.25, -0.2) is 4.39 Å². The van der Waals surface area contributed by atoms with Crippen LogP contribution in [0, 0.1) is 19.7 Å². The van der Waals surface area contributed by atoms with E-state index in [1.807, 2.05) is 32.2 Å². The van der Waals surface area contributed by atoms with Gasteiger partial charge in [-0.05, 0) is 54.6 Å². The van der Waals surface area contributed by atoms with Gasteiger partial charge in [-0.2, -0.15) is 0 Å². The summed E-state index contributed by atoms with van der Waals surface area (Å²) in [5.41, 5.74) is 3.08. The van der Waals surface area contributed by atoms with Crippen LogP contribution in [-0.2, 0) is 0 Å². The molecule has 2 aromatic rings. The number of halogens is 2. The van der Waals surface area contributed by atoms with E-state index in [9.17, 15) is 4.39 Å². The van der Waals surface area contributed by atoms with Crippen molar-refractivity contribution in [3.05, 3.63) is 56.0 Å². The molecule has 0 saturated carbocycles. The van der Waals surface area contributed by atoms with E-state index in [1.165, 1.54) is 6.07 Å². The van der Waals surface area contributed by atoms with Gasteiger partial charge in [0.15, 0.2) is 0 Å². The van der Waals surface area contributed by atoms with Gasteiger partial charge in [0.05, 0.1) is 11.1 Å². The highest BCUT2D eigenvalue weighted by molar-refractivity contribution is 7.10. The first-order chi connectivity index (χ1) is 9.04. The summed E-state index contributed by atoms with van der Waals surface area (Å²) in [6.45, 7) is 6.82. The lowest BCUT2D eigenvalue weighted by Gasteiger charge is -2.20. The second-order valence-electron chi connectivity index (χ2n) is 4.59. The molecule has 4 heteroatoms. The Morgan fingerprint density at radius 1 is 1.32 bits per heavy atom. The number of nitrogens with one attached hydrogen (secondary N) is 1. The van der Waals surface area contributed by atoms with Crippen LogP contribution in [0.4, 0.5) is 4.39 Å². The van der Waals surface area contributed by atoms with Gasteiger partial charge in [-0.15, -0.1) is 11.3 Å². The lowest BCUT2D eigenvalue weighted by molar-refractivity contribution is 0.604. The molecule has 19 heavy (non-hydrogen) atoms. The number of rotatable bonds is 4. The third-order valence-corrected chi connectivity index (χ3v) is 4.93. The molecule has 1 nitrogen and oxygen atoms in total. The molecule has 0 radical (unpaired) electrons. The summed E-state index contributed by atoms with van der Waals surface area (Å²) in [5, 5.41) is 6.21. The molecular formula is C15H17ClFNS. The quantitative estimate of drug-likeness (QED) is 0.850. The number of hydrogen-bond acceptors (Lipinski definition) is 2. The van der Waals surface area contributed by atoms with Crippen LogP contribution >= 0.6 is 22.9 Å². The maximum atomic E-state index is 13.5. The van der Waals surface area contributed by atoms with Crippen molar-refractivity contribution in [3.8, 4) is 0 Å². The van der Waals surface area contributed by atoms with E-state index in [0.717, 1.165) is 33.1 Å². The minimum absolute atomic E-state index is 0.0492. The minimum atomic E-state index is -0.215. The van der Waals surface area contributed by atoms with E-state index in [4.69, 9.17) is 11.6 Å². The fourth-order valence-electron chi connectivity index (χ4n) is 2.11. The molecule has 1 aromatic carbocycles. The number of hydrogen-bond donors (Lipinski definition) is 1. The topological polar surface area (TPSA) is 12.0 Å². The number of benzene rings is 1. The summed E-state index contributed by atoms with van der Waals surface area (Å²) in [6, 6.07) is 4.84. The van der Waals surface area contributed by atoms with Crippen LogP contribution in [0.5, 0.6) is 0 Å². The van der Waals surface area contributed by atoms with Crippen LogP contribution in [-0.4, -0.2) is 6.54 Å². The van der Waals surface area contributed by atoms with Crippen LogP contribution in [0.1, 0.15) is 34.5 Å². The van der Waals surface area contributed by atoms with Crippen LogP contribution in [0.15, 0.2) is 23.6 Å². The van der Waals surface area contributed by atoms with E-state index in [2.05, 4.69) is 5.32 Å². The van der Waals surface area contributed by atoms with Gasteiger partial charge in [0.2, 0.25) is 0 Å². The SMILES string of the molecule is CCNC(c1cc(F)ccc1C)c1scc(C)c1Cl. The lowest BCUT2D eigenvalue weighted by atomic mass is 9.99. The summed E-state index contributed by atoms with van der Waals surface area (Å²) in [5.74, 6) is -0.215. The Labute approximate surface area is 122 Å². The van der Waals surface area contributed by atoms with E-state index >= 15 is 0 Å². The smallest absolute Gasteiger partial charge is 0.123 e. The molecular weight excluding hydrogens is 281 g/mol. The zero-order valence-electron chi connectivity index (χ0n) is 11.3. The Kier molecular flexibility index (Phi) is 4.61. The monoisotopic (exact) mass is 297 g/mol. The summed E-state index contributed by atoms with van der Waals surface area (Å²) in [7, 11) is 0. The standard InChI is InChI=1S/C15H17ClFNS/c1-4-18-14(15-13(16)10(3)8-19-15)12-7-11(17)6-5-9(12)2/h5-8,14,18H,4H2,1-3H3. The predicted octanol–water partition coefficient (Wildman–Crippen LogP) is 4.86. The molecule has 0 amide bonds. The molecule has 1 unspecified atom stereocenters. The van der Waals surface area contributed by atoms with Crippen molar-refractivity contribution < 1.29 is 4.39 Å². The van der Waals surface area contributed by atoms with Crippen LogP contribution in [0.3, 0.4) is 0 Å². The molecule has 0 bridgehead atoms. The van der Waals surface area contributed by atoms with Crippen molar-refractivity contribution >= 4 is 22.9 Å². The highest BCUT2D eigenvalue weighted by Gasteiger charge is 2.21. The highest BCUT2D eigenvalue weighted by Crippen LogP contribution is 2.36. The van der Waals surface area contributed by atoms with Crippen LogP contribution < -0.4 is 5.32 Å². The molecule has 0 aliphatic rings. The maximum absolute atomic E-state index is 13.5. The molecule has 1 heterocycles. The van der Waals surface area contributed by atoms with Gasteiger partial charge in [-0.3, -0.25) is 0 Å². The summed E-state index contributed by atoms with van der Waals surface area (Å²) >= 11 is 7.97. The van der Waals surface area contributed by atoms with Crippen LogP contribution in [0.2, 0.25) is 5.02 Å². The Balaban J connectivity index is 2.51. The second kappa shape index (κ2) is 6.04. The van der Waals surface area contributed by atoms with Crippen molar-refractivity contribution in [2.75, 3.05) is 6.54 Å². The molecule has 0 fully saturated rings. The maximum Gasteiger partial charge on any atom is 0.123 e. The normalized spacial score (nSPS) is 12.7. The summed E-state index contributed by atoms with van der Waals surface area (Å²) in [6.07, 6.45) is 0. The fourth-order valence-corrected chi connectivity index (χ4v) is 3.51. The van der Waals surface area contributed by atoms with Crippen molar-refractivity contribution in [1.29, 1.82) is 0 Å². The zero-order valence-corrected chi connectivity index (χ0v) is 12.8. The Morgan fingerprint density at radius 3 is 2.63 bits per heavy atom. The van der Waals surface area contributed by atoms with E-state index in [1.54, 1.807) is 17.4 Å². The molecule has 1 atom stereocenters. The molecule has 0 saturated heterocycles. The highest BCUT2D eigenvalue weighted by atomic mass is 35.5. The zero-order chi connectivity index (χ0) is 14.0. The van der Waals surface area contributed by atoms with Gasteiger partial charge in [0.25, 0.3) is 0 Å². The molecule has 102 valence electrons. The number of aryl methyl sites for hydroxylation is 2.